The lowest BCUT2D eigenvalue weighted by atomic mass is 9.79. The number of rotatable bonds is 23. The molecule has 1 rings (SSSR count). The first-order valence-electron chi connectivity index (χ1n) is 18.5. The molecule has 2 unspecified atom stereocenters. The van der Waals surface area contributed by atoms with Gasteiger partial charge in [-0.3, -0.25) is 14.4 Å². The Bertz CT molecular complexity index is 710. The molecule has 2 radical (unpaired) electrons. The lowest BCUT2D eigenvalue weighted by Crippen LogP contribution is -2.45. The van der Waals surface area contributed by atoms with Crippen molar-refractivity contribution < 1.29 is 14.4 Å². The summed E-state index contributed by atoms with van der Waals surface area (Å²) in [5.41, 5.74) is 0. The van der Waals surface area contributed by atoms with E-state index in [1.54, 1.807) is 0 Å². The molecule has 1 fully saturated rings. The van der Waals surface area contributed by atoms with E-state index in [4.69, 9.17) is 7.85 Å². The first-order valence-corrected chi connectivity index (χ1v) is 18.5. The second-order valence-corrected chi connectivity index (χ2v) is 13.3. The smallest absolute Gasteiger partial charge is 0.239 e. The lowest BCUT2D eigenvalue weighted by molar-refractivity contribution is -0.134. The highest BCUT2D eigenvalue weighted by molar-refractivity contribution is 6.19. The molecule has 1 aliphatic rings. The minimum atomic E-state index is -0.260. The molecule has 3 amide bonds. The highest BCUT2D eigenvalue weighted by Crippen LogP contribution is 2.30. The predicted molar refractivity (Wildman–Crippen MR) is 182 cm³/mol. The maximum atomic E-state index is 13.0. The van der Waals surface area contributed by atoms with Crippen molar-refractivity contribution in [3.8, 4) is 0 Å². The van der Waals surface area contributed by atoms with Crippen LogP contribution in [0.4, 0.5) is 0 Å². The van der Waals surface area contributed by atoms with Gasteiger partial charge < -0.3 is 15.5 Å². The van der Waals surface area contributed by atoms with Crippen molar-refractivity contribution in [3.63, 3.8) is 0 Å². The van der Waals surface area contributed by atoms with E-state index in [0.717, 1.165) is 32.1 Å². The van der Waals surface area contributed by atoms with Crippen molar-refractivity contribution in [3.05, 3.63) is 0 Å². The Balaban J connectivity index is 2.51. The van der Waals surface area contributed by atoms with Crippen molar-refractivity contribution in [1.82, 2.24) is 15.5 Å². The van der Waals surface area contributed by atoms with E-state index in [-0.39, 0.29) is 30.6 Å². The minimum Gasteiger partial charge on any atom is -0.354 e. The standard InChI is InChI=1S/C36H68BN3O3/c1-4-7-8-9-11-16-19-24-32(20-5-2)33(21-6-3)27-34(41)38-25-26-40(36(43)28-37)30-35(42)39-29-31-22-17-14-12-10-13-15-18-23-31/h31-33H,4-30H2,1-3H3,(H,38,41)(H,39,42). The molecule has 43 heavy (non-hydrogen) atoms. The van der Waals surface area contributed by atoms with Crippen LogP contribution in [0.15, 0.2) is 0 Å². The van der Waals surface area contributed by atoms with Crippen LogP contribution in [0.3, 0.4) is 0 Å². The van der Waals surface area contributed by atoms with Gasteiger partial charge in [0.2, 0.25) is 17.7 Å². The van der Waals surface area contributed by atoms with E-state index in [9.17, 15) is 14.4 Å². The number of hydrogen-bond donors (Lipinski definition) is 2. The van der Waals surface area contributed by atoms with E-state index in [0.29, 0.717) is 43.8 Å². The molecule has 2 atom stereocenters. The zero-order valence-electron chi connectivity index (χ0n) is 28.6. The summed E-state index contributed by atoms with van der Waals surface area (Å²) in [4.78, 5) is 39.8. The quantitative estimate of drug-likeness (QED) is 0.0917. The van der Waals surface area contributed by atoms with Gasteiger partial charge in [-0.05, 0) is 43.3 Å². The number of nitrogens with zero attached hydrogens (tertiary/aromatic N) is 1. The van der Waals surface area contributed by atoms with Crippen LogP contribution in [-0.4, -0.2) is 56.6 Å². The highest BCUT2D eigenvalue weighted by Gasteiger charge is 2.23. The maximum absolute atomic E-state index is 13.0. The van der Waals surface area contributed by atoms with Crippen molar-refractivity contribution >= 4 is 25.6 Å². The van der Waals surface area contributed by atoms with Gasteiger partial charge in [-0.15, -0.1) is 0 Å². The average Bonchev–Trinajstić information content (AvgIpc) is 3.00. The van der Waals surface area contributed by atoms with Gasteiger partial charge in [-0.1, -0.05) is 136 Å². The first kappa shape index (κ1) is 39.5. The lowest BCUT2D eigenvalue weighted by Gasteiger charge is -2.27. The molecule has 6 nitrogen and oxygen atoms in total. The second-order valence-electron chi connectivity index (χ2n) is 13.3. The Hall–Kier alpha value is -1.53. The number of carbonyl (C=O) groups excluding carboxylic acids is 3. The van der Waals surface area contributed by atoms with E-state index in [2.05, 4.69) is 31.4 Å². The molecule has 248 valence electrons. The third-order valence-electron chi connectivity index (χ3n) is 9.49. The summed E-state index contributed by atoms with van der Waals surface area (Å²) in [6.07, 6.45) is 26.7. The molecule has 0 aliphatic heterocycles. The van der Waals surface area contributed by atoms with Crippen LogP contribution in [0.25, 0.3) is 0 Å². The van der Waals surface area contributed by atoms with Gasteiger partial charge in [0, 0.05) is 26.1 Å². The van der Waals surface area contributed by atoms with Gasteiger partial charge in [-0.25, -0.2) is 0 Å². The number of amides is 3. The molecule has 1 saturated carbocycles. The summed E-state index contributed by atoms with van der Waals surface area (Å²) < 4.78 is 0. The fraction of sp³-hybridized carbons (Fsp3) is 0.917. The second kappa shape index (κ2) is 26.8. The first-order chi connectivity index (χ1) is 20.9. The Morgan fingerprint density at radius 3 is 1.88 bits per heavy atom. The summed E-state index contributed by atoms with van der Waals surface area (Å²) in [6, 6.07) is 0. The van der Waals surface area contributed by atoms with Gasteiger partial charge in [0.15, 0.2) is 0 Å². The van der Waals surface area contributed by atoms with Crippen LogP contribution in [0.2, 0.25) is 6.32 Å². The molecule has 0 bridgehead atoms. The largest absolute Gasteiger partial charge is 0.354 e. The van der Waals surface area contributed by atoms with E-state index < -0.39 is 0 Å². The van der Waals surface area contributed by atoms with Gasteiger partial charge >= 0.3 is 0 Å². The monoisotopic (exact) mass is 602 g/mol. The fourth-order valence-electron chi connectivity index (χ4n) is 6.87. The van der Waals surface area contributed by atoms with E-state index >= 15 is 0 Å². The molecule has 0 heterocycles. The minimum absolute atomic E-state index is 0.00585. The fourth-order valence-corrected chi connectivity index (χ4v) is 6.87. The molecule has 1 aliphatic carbocycles. The van der Waals surface area contributed by atoms with Crippen LogP contribution >= 0.6 is 0 Å². The van der Waals surface area contributed by atoms with Crippen LogP contribution in [0.5, 0.6) is 0 Å². The summed E-state index contributed by atoms with van der Waals surface area (Å²) in [6.45, 7) is 8.03. The number of carbonyl (C=O) groups is 3. The molecule has 0 saturated heterocycles. The molecule has 0 aromatic rings. The van der Waals surface area contributed by atoms with Gasteiger partial charge in [0.25, 0.3) is 0 Å². The topological polar surface area (TPSA) is 78.5 Å². The van der Waals surface area contributed by atoms with E-state index in [1.807, 2.05) is 0 Å². The predicted octanol–water partition coefficient (Wildman–Crippen LogP) is 8.14. The molecule has 0 spiro atoms. The maximum Gasteiger partial charge on any atom is 0.239 e. The van der Waals surface area contributed by atoms with Crippen molar-refractivity contribution in [2.45, 2.75) is 168 Å². The highest BCUT2D eigenvalue weighted by atomic mass is 16.2. The zero-order chi connectivity index (χ0) is 31.5. The molecule has 2 N–H and O–H groups in total. The van der Waals surface area contributed by atoms with Gasteiger partial charge in [-0.2, -0.15) is 0 Å². The molecule has 0 aromatic carbocycles. The Labute approximate surface area is 267 Å². The van der Waals surface area contributed by atoms with Gasteiger partial charge in [0.05, 0.1) is 14.4 Å². The van der Waals surface area contributed by atoms with Crippen LogP contribution < -0.4 is 10.6 Å². The molecule has 0 aromatic heterocycles. The Morgan fingerprint density at radius 2 is 1.28 bits per heavy atom. The zero-order valence-corrected chi connectivity index (χ0v) is 28.6. The van der Waals surface area contributed by atoms with Crippen molar-refractivity contribution in [2.24, 2.45) is 17.8 Å². The normalized spacial score (nSPS) is 16.3. The van der Waals surface area contributed by atoms with Crippen LogP contribution in [0.1, 0.15) is 162 Å². The number of hydrogen-bond acceptors (Lipinski definition) is 3. The van der Waals surface area contributed by atoms with E-state index in [1.165, 1.54) is 108 Å². The molecule has 7 heteroatoms. The Morgan fingerprint density at radius 1 is 0.698 bits per heavy atom. The Kier molecular flexibility index (Phi) is 24.7. The summed E-state index contributed by atoms with van der Waals surface area (Å²) in [5, 5.41) is 6.13. The third-order valence-corrected chi connectivity index (χ3v) is 9.49. The summed E-state index contributed by atoms with van der Waals surface area (Å²) in [7, 11) is 5.66. The number of unbranched alkanes of at least 4 members (excludes halogenated alkanes) is 6. The summed E-state index contributed by atoms with van der Waals surface area (Å²) in [5.74, 6) is 1.17. The molecular formula is C36H68BN3O3. The number of nitrogens with one attached hydrogen (secondary N) is 2. The average molecular weight is 602 g/mol. The van der Waals surface area contributed by atoms with Crippen molar-refractivity contribution in [2.75, 3.05) is 26.2 Å². The van der Waals surface area contributed by atoms with Crippen LogP contribution in [0, 0.1) is 17.8 Å². The van der Waals surface area contributed by atoms with Crippen molar-refractivity contribution in [1.29, 1.82) is 0 Å². The molecular weight excluding hydrogens is 533 g/mol. The third kappa shape index (κ3) is 20.2. The summed E-state index contributed by atoms with van der Waals surface area (Å²) >= 11 is 0. The SMILES string of the molecule is [B]CC(=O)N(CCNC(=O)CC(CCC)C(CCC)CCCCCCCCC)CC(=O)NCC1CCCCCCCCC1. The van der Waals surface area contributed by atoms with Gasteiger partial charge in [0.1, 0.15) is 0 Å². The van der Waals surface area contributed by atoms with Crippen LogP contribution in [-0.2, 0) is 14.4 Å².